The van der Waals surface area contributed by atoms with Crippen LogP contribution in [0, 0.1) is 0 Å². The third-order valence-electron chi connectivity index (χ3n) is 4.80. The van der Waals surface area contributed by atoms with Gasteiger partial charge in [-0.2, -0.15) is 0 Å². The van der Waals surface area contributed by atoms with Gasteiger partial charge < -0.3 is 25.4 Å². The molecule has 0 unspecified atom stereocenters. The average Bonchev–Trinajstić information content (AvgIpc) is 2.75. The van der Waals surface area contributed by atoms with Crippen molar-refractivity contribution >= 4 is 11.9 Å². The quantitative estimate of drug-likeness (QED) is 0.324. The number of nitrogens with zero attached hydrogens (tertiary/aromatic N) is 1. The number of carbonyl (C=O) groups excluding carboxylic acids is 1. The highest BCUT2D eigenvalue weighted by atomic mass is 16.5. The van der Waals surface area contributed by atoms with Crippen molar-refractivity contribution in [3.8, 4) is 5.75 Å². The van der Waals surface area contributed by atoms with Crippen molar-refractivity contribution in [3.05, 3.63) is 29.8 Å². The Morgan fingerprint density at radius 3 is 2.39 bits per heavy atom. The number of hydrogen-bond donors (Lipinski definition) is 3. The summed E-state index contributed by atoms with van der Waals surface area (Å²) < 4.78 is 11.0. The smallest absolute Gasteiger partial charge is 0.251 e. The van der Waals surface area contributed by atoms with Gasteiger partial charge >= 0.3 is 0 Å². The largest absolute Gasteiger partial charge is 0.497 e. The zero-order valence-electron chi connectivity index (χ0n) is 17.1. The highest BCUT2D eigenvalue weighted by Crippen LogP contribution is 2.20. The summed E-state index contributed by atoms with van der Waals surface area (Å²) in [6.45, 7) is 2.70. The topological polar surface area (TPSA) is 84.0 Å². The number of nitrogens with one attached hydrogen (secondary N) is 3. The Morgan fingerprint density at radius 2 is 1.71 bits per heavy atom. The van der Waals surface area contributed by atoms with Crippen LogP contribution < -0.4 is 20.7 Å². The second-order valence-corrected chi connectivity index (χ2v) is 6.89. The van der Waals surface area contributed by atoms with Crippen LogP contribution in [0.25, 0.3) is 0 Å². The molecule has 0 atom stereocenters. The fourth-order valence-electron chi connectivity index (χ4n) is 3.18. The summed E-state index contributed by atoms with van der Waals surface area (Å²) in [6.07, 6.45) is 7.77. The first-order valence-electron chi connectivity index (χ1n) is 10.2. The lowest BCUT2D eigenvalue weighted by Crippen LogP contribution is -2.42. The van der Waals surface area contributed by atoms with Crippen LogP contribution in [0.4, 0.5) is 0 Å². The normalized spacial score (nSPS) is 15.1. The molecule has 0 aliphatic heterocycles. The van der Waals surface area contributed by atoms with Gasteiger partial charge in [0.05, 0.1) is 13.2 Å². The predicted octanol–water partition coefficient (Wildman–Crippen LogP) is 2.33. The van der Waals surface area contributed by atoms with Gasteiger partial charge in [-0.25, -0.2) is 0 Å². The van der Waals surface area contributed by atoms with Gasteiger partial charge in [-0.05, 0) is 43.5 Å². The molecular formula is C21H34N4O3. The Morgan fingerprint density at radius 1 is 1.04 bits per heavy atom. The molecule has 0 bridgehead atoms. The van der Waals surface area contributed by atoms with Crippen LogP contribution in [0.2, 0.25) is 0 Å². The zero-order valence-corrected chi connectivity index (χ0v) is 17.1. The average molecular weight is 391 g/mol. The molecule has 2 rings (SSSR count). The Balaban J connectivity index is 1.53. The third-order valence-corrected chi connectivity index (χ3v) is 4.80. The third kappa shape index (κ3) is 8.17. The molecule has 1 saturated carbocycles. The van der Waals surface area contributed by atoms with Crippen molar-refractivity contribution in [2.75, 3.05) is 40.4 Å². The maximum absolute atomic E-state index is 12.1. The van der Waals surface area contributed by atoms with E-state index < -0.39 is 0 Å². The molecule has 1 fully saturated rings. The lowest BCUT2D eigenvalue weighted by Gasteiger charge is -2.22. The van der Waals surface area contributed by atoms with E-state index >= 15 is 0 Å². The number of guanidine groups is 1. The fourth-order valence-corrected chi connectivity index (χ4v) is 3.18. The van der Waals surface area contributed by atoms with E-state index in [9.17, 15) is 4.79 Å². The second-order valence-electron chi connectivity index (χ2n) is 6.89. The van der Waals surface area contributed by atoms with Crippen LogP contribution in [-0.2, 0) is 4.74 Å². The van der Waals surface area contributed by atoms with Crippen molar-refractivity contribution < 1.29 is 14.3 Å². The summed E-state index contributed by atoms with van der Waals surface area (Å²) in [5, 5.41) is 9.35. The minimum atomic E-state index is -0.104. The van der Waals surface area contributed by atoms with Gasteiger partial charge in [-0.1, -0.05) is 19.3 Å². The van der Waals surface area contributed by atoms with Crippen molar-refractivity contribution in [1.29, 1.82) is 0 Å². The summed E-state index contributed by atoms with van der Waals surface area (Å²) in [5.41, 5.74) is 0.612. The summed E-state index contributed by atoms with van der Waals surface area (Å²) in [6, 6.07) is 7.04. The van der Waals surface area contributed by atoms with Gasteiger partial charge in [-0.3, -0.25) is 9.79 Å². The van der Waals surface area contributed by atoms with Gasteiger partial charge in [-0.15, -0.1) is 0 Å². The maximum Gasteiger partial charge on any atom is 0.251 e. The molecule has 0 aromatic heterocycles. The highest BCUT2D eigenvalue weighted by molar-refractivity contribution is 5.94. The van der Waals surface area contributed by atoms with Gasteiger partial charge in [0.2, 0.25) is 0 Å². The number of amides is 1. The van der Waals surface area contributed by atoms with Crippen LogP contribution in [0.5, 0.6) is 5.75 Å². The van der Waals surface area contributed by atoms with E-state index in [1.54, 1.807) is 38.4 Å². The number of carbonyl (C=O) groups is 1. The van der Waals surface area contributed by atoms with Crippen LogP contribution >= 0.6 is 0 Å². The minimum absolute atomic E-state index is 0.104. The summed E-state index contributed by atoms with van der Waals surface area (Å²) >= 11 is 0. The molecule has 0 saturated heterocycles. The number of methoxy groups -OCH3 is 1. The molecule has 0 spiro atoms. The standard InChI is InChI=1S/C21H34N4O3/c1-22-21(24-13-6-16-28-19-7-4-3-5-8-19)25-15-14-23-20(26)17-9-11-18(27-2)12-10-17/h9-12,19H,3-8,13-16H2,1-2H3,(H,23,26)(H2,22,24,25). The highest BCUT2D eigenvalue weighted by Gasteiger charge is 2.13. The number of hydrogen-bond acceptors (Lipinski definition) is 4. The maximum atomic E-state index is 12.1. The Labute approximate surface area is 168 Å². The molecule has 7 heteroatoms. The van der Waals surface area contributed by atoms with Gasteiger partial charge in [0, 0.05) is 38.9 Å². The van der Waals surface area contributed by atoms with E-state index in [4.69, 9.17) is 9.47 Å². The van der Waals surface area contributed by atoms with Crippen molar-refractivity contribution in [3.63, 3.8) is 0 Å². The number of ether oxygens (including phenoxy) is 2. The van der Waals surface area contributed by atoms with E-state index in [2.05, 4.69) is 20.9 Å². The first kappa shape index (κ1) is 22.0. The van der Waals surface area contributed by atoms with Crippen molar-refractivity contribution in [2.24, 2.45) is 4.99 Å². The van der Waals surface area contributed by atoms with E-state index in [0.717, 1.165) is 31.3 Å². The molecule has 28 heavy (non-hydrogen) atoms. The second kappa shape index (κ2) is 13.0. The van der Waals surface area contributed by atoms with Crippen LogP contribution in [0.3, 0.4) is 0 Å². The van der Waals surface area contributed by atoms with Crippen molar-refractivity contribution in [2.45, 2.75) is 44.6 Å². The van der Waals surface area contributed by atoms with Crippen LogP contribution in [-0.4, -0.2) is 58.4 Å². The monoisotopic (exact) mass is 390 g/mol. The summed E-state index contributed by atoms with van der Waals surface area (Å²) in [4.78, 5) is 16.3. The van der Waals surface area contributed by atoms with Gasteiger partial charge in [0.1, 0.15) is 5.75 Å². The van der Waals surface area contributed by atoms with E-state index in [1.807, 2.05) is 0 Å². The molecule has 3 N–H and O–H groups in total. The van der Waals surface area contributed by atoms with E-state index in [-0.39, 0.29) is 5.91 Å². The molecule has 1 aliphatic rings. The fraction of sp³-hybridized carbons (Fsp3) is 0.619. The summed E-state index contributed by atoms with van der Waals surface area (Å²) in [5.74, 6) is 1.36. The Kier molecular flexibility index (Phi) is 10.2. The van der Waals surface area contributed by atoms with E-state index in [1.165, 1.54) is 32.1 Å². The molecule has 7 nitrogen and oxygen atoms in total. The number of rotatable bonds is 10. The lowest BCUT2D eigenvalue weighted by molar-refractivity contribution is 0.0277. The molecule has 1 aliphatic carbocycles. The van der Waals surface area contributed by atoms with Crippen molar-refractivity contribution in [1.82, 2.24) is 16.0 Å². The van der Waals surface area contributed by atoms with Gasteiger partial charge in [0.15, 0.2) is 5.96 Å². The SMILES string of the molecule is CN=C(NCCCOC1CCCCC1)NCCNC(=O)c1ccc(OC)cc1. The molecular weight excluding hydrogens is 356 g/mol. The molecule has 0 heterocycles. The Bertz CT molecular complexity index is 598. The molecule has 1 aromatic rings. The molecule has 0 radical (unpaired) electrons. The first-order valence-corrected chi connectivity index (χ1v) is 10.2. The van der Waals surface area contributed by atoms with E-state index in [0.29, 0.717) is 24.8 Å². The molecule has 1 aromatic carbocycles. The summed E-state index contributed by atoms with van der Waals surface area (Å²) in [7, 11) is 3.34. The lowest BCUT2D eigenvalue weighted by atomic mass is 9.98. The Hall–Kier alpha value is -2.28. The van der Waals surface area contributed by atoms with Crippen LogP contribution in [0.1, 0.15) is 48.9 Å². The first-order chi connectivity index (χ1) is 13.7. The van der Waals surface area contributed by atoms with Gasteiger partial charge in [0.25, 0.3) is 5.91 Å². The minimum Gasteiger partial charge on any atom is -0.497 e. The zero-order chi connectivity index (χ0) is 20.0. The number of benzene rings is 1. The predicted molar refractivity (Wildman–Crippen MR) is 112 cm³/mol. The molecule has 1 amide bonds. The number of aliphatic imine (C=N–C) groups is 1. The molecule has 156 valence electrons. The van der Waals surface area contributed by atoms with Crippen LogP contribution in [0.15, 0.2) is 29.3 Å².